The standard InChI is InChI=1S/C23H25Br2F3N2O3/c1-21(2,3)33-20(31)30-11-9-22(25,10-12-30)19(24)15-5-4-6-17(13-15)32-18-8-7-16(14-29-18)23(26,27)28/h4-8,13-14,19H,9-12H2,1-3H3/t19-/m0/s1. The van der Waals surface area contributed by atoms with E-state index >= 15 is 0 Å². The molecular formula is C23H25Br2F3N2O3. The predicted molar refractivity (Wildman–Crippen MR) is 126 cm³/mol. The van der Waals surface area contributed by atoms with E-state index < -0.39 is 17.3 Å². The lowest BCUT2D eigenvalue weighted by Crippen LogP contribution is -2.47. The summed E-state index contributed by atoms with van der Waals surface area (Å²) in [4.78, 5) is 17.7. The van der Waals surface area contributed by atoms with Crippen molar-refractivity contribution < 1.29 is 27.4 Å². The number of nitrogens with zero attached hydrogens (tertiary/aromatic N) is 2. The Morgan fingerprint density at radius 1 is 1.15 bits per heavy atom. The maximum atomic E-state index is 12.7. The van der Waals surface area contributed by atoms with Gasteiger partial charge in [0.25, 0.3) is 0 Å². The summed E-state index contributed by atoms with van der Waals surface area (Å²) >= 11 is 7.65. The van der Waals surface area contributed by atoms with Crippen molar-refractivity contribution in [3.05, 3.63) is 53.7 Å². The molecule has 0 saturated carbocycles. The first-order chi connectivity index (χ1) is 15.3. The summed E-state index contributed by atoms with van der Waals surface area (Å²) < 4.78 is 49.0. The molecule has 1 fully saturated rings. The monoisotopic (exact) mass is 592 g/mol. The van der Waals surface area contributed by atoms with Crippen molar-refractivity contribution in [2.24, 2.45) is 0 Å². The Morgan fingerprint density at radius 2 is 1.82 bits per heavy atom. The number of carbonyl (C=O) groups is 1. The minimum atomic E-state index is -4.45. The van der Waals surface area contributed by atoms with Crippen LogP contribution >= 0.6 is 31.9 Å². The van der Waals surface area contributed by atoms with E-state index in [9.17, 15) is 18.0 Å². The first-order valence-electron chi connectivity index (χ1n) is 10.4. The lowest BCUT2D eigenvalue weighted by Gasteiger charge is -2.41. The minimum Gasteiger partial charge on any atom is -0.444 e. The van der Waals surface area contributed by atoms with Gasteiger partial charge in [0.15, 0.2) is 0 Å². The summed E-state index contributed by atoms with van der Waals surface area (Å²) in [5.41, 5.74) is -0.439. The third kappa shape index (κ3) is 6.85. The van der Waals surface area contributed by atoms with Crippen LogP contribution < -0.4 is 4.74 Å². The minimum absolute atomic E-state index is 0.0745. The van der Waals surface area contributed by atoms with Gasteiger partial charge in [-0.25, -0.2) is 9.78 Å². The van der Waals surface area contributed by atoms with Crippen LogP contribution in [0.4, 0.5) is 18.0 Å². The second-order valence-corrected chi connectivity index (χ2v) is 11.4. The highest BCUT2D eigenvalue weighted by atomic mass is 79.9. The molecule has 10 heteroatoms. The van der Waals surface area contributed by atoms with Crippen LogP contribution in [0, 0.1) is 0 Å². The van der Waals surface area contributed by atoms with E-state index in [4.69, 9.17) is 9.47 Å². The second kappa shape index (κ2) is 9.82. The fourth-order valence-corrected chi connectivity index (χ4v) is 4.77. The number of amides is 1. The molecule has 0 unspecified atom stereocenters. The van der Waals surface area contributed by atoms with Crippen molar-refractivity contribution >= 4 is 38.0 Å². The molecule has 3 rings (SSSR count). The summed E-state index contributed by atoms with van der Waals surface area (Å²) in [6.07, 6.45) is -2.61. The van der Waals surface area contributed by atoms with Gasteiger partial charge in [-0.2, -0.15) is 13.2 Å². The number of aromatic nitrogens is 1. The third-order valence-corrected chi connectivity index (χ3v) is 8.41. The van der Waals surface area contributed by atoms with E-state index in [2.05, 4.69) is 36.8 Å². The van der Waals surface area contributed by atoms with Crippen LogP contribution in [-0.4, -0.2) is 39.0 Å². The van der Waals surface area contributed by atoms with Crippen molar-refractivity contribution in [2.45, 2.75) is 54.5 Å². The number of piperidine rings is 1. The molecule has 5 nitrogen and oxygen atoms in total. The van der Waals surface area contributed by atoms with Crippen molar-refractivity contribution in [1.82, 2.24) is 9.88 Å². The van der Waals surface area contributed by atoms with Crippen LogP contribution in [-0.2, 0) is 10.9 Å². The molecule has 1 aromatic heterocycles. The van der Waals surface area contributed by atoms with Crippen molar-refractivity contribution in [1.29, 1.82) is 0 Å². The summed E-state index contributed by atoms with van der Waals surface area (Å²) in [5.74, 6) is 0.539. The van der Waals surface area contributed by atoms with Gasteiger partial charge in [0, 0.05) is 29.7 Å². The average Bonchev–Trinajstić information content (AvgIpc) is 2.72. The van der Waals surface area contributed by atoms with Gasteiger partial charge in [0.1, 0.15) is 11.4 Å². The number of hydrogen-bond donors (Lipinski definition) is 0. The molecule has 180 valence electrons. The van der Waals surface area contributed by atoms with Crippen molar-refractivity contribution in [3.63, 3.8) is 0 Å². The zero-order chi connectivity index (χ0) is 24.4. The Kier molecular flexibility index (Phi) is 7.68. The molecule has 0 N–H and O–H groups in total. The van der Waals surface area contributed by atoms with E-state index in [-0.39, 0.29) is 21.1 Å². The summed E-state index contributed by atoms with van der Waals surface area (Å²) in [7, 11) is 0. The summed E-state index contributed by atoms with van der Waals surface area (Å²) in [5, 5.41) is 0. The van der Waals surface area contributed by atoms with Gasteiger partial charge in [0.2, 0.25) is 5.88 Å². The lowest BCUT2D eigenvalue weighted by atomic mass is 9.89. The number of likely N-dealkylation sites (tertiary alicyclic amines) is 1. The van der Waals surface area contributed by atoms with E-state index in [1.165, 1.54) is 6.07 Å². The fourth-order valence-electron chi connectivity index (χ4n) is 3.40. The zero-order valence-electron chi connectivity index (χ0n) is 18.5. The molecular weight excluding hydrogens is 569 g/mol. The molecule has 1 aromatic carbocycles. The molecule has 1 aliphatic heterocycles. The third-order valence-electron chi connectivity index (χ3n) is 5.14. The fraction of sp³-hybridized carbons (Fsp3) is 0.478. The van der Waals surface area contributed by atoms with Crippen LogP contribution in [0.25, 0.3) is 0 Å². The number of rotatable bonds is 4. The van der Waals surface area contributed by atoms with Crippen LogP contribution in [0.5, 0.6) is 11.6 Å². The molecule has 0 spiro atoms. The number of carbonyl (C=O) groups excluding carboxylic acids is 1. The number of benzene rings is 1. The highest BCUT2D eigenvalue weighted by Gasteiger charge is 2.41. The molecule has 2 aromatic rings. The molecule has 1 atom stereocenters. The molecule has 2 heterocycles. The predicted octanol–water partition coefficient (Wildman–Crippen LogP) is 7.49. The van der Waals surface area contributed by atoms with E-state index in [1.54, 1.807) is 11.0 Å². The Bertz CT molecular complexity index is 970. The number of halogens is 5. The molecule has 0 bridgehead atoms. The number of hydrogen-bond acceptors (Lipinski definition) is 4. The van der Waals surface area contributed by atoms with Crippen LogP contribution in [0.3, 0.4) is 0 Å². The van der Waals surface area contributed by atoms with Gasteiger partial charge in [-0.05, 0) is 57.4 Å². The van der Waals surface area contributed by atoms with Crippen molar-refractivity contribution in [2.75, 3.05) is 13.1 Å². The Balaban J connectivity index is 1.65. The van der Waals surface area contributed by atoms with Crippen LogP contribution in [0.15, 0.2) is 42.6 Å². The highest BCUT2D eigenvalue weighted by molar-refractivity contribution is 9.12. The zero-order valence-corrected chi connectivity index (χ0v) is 21.6. The first kappa shape index (κ1) is 25.8. The second-order valence-electron chi connectivity index (χ2n) is 8.92. The quantitative estimate of drug-likeness (QED) is 0.345. The normalized spacial score (nSPS) is 17.4. The van der Waals surface area contributed by atoms with Gasteiger partial charge in [-0.1, -0.05) is 44.0 Å². The topological polar surface area (TPSA) is 51.7 Å². The lowest BCUT2D eigenvalue weighted by molar-refractivity contribution is -0.137. The highest BCUT2D eigenvalue weighted by Crippen LogP contribution is 2.48. The first-order valence-corrected chi connectivity index (χ1v) is 12.1. The van der Waals surface area contributed by atoms with Crippen molar-refractivity contribution in [3.8, 4) is 11.6 Å². The van der Waals surface area contributed by atoms with Crippen LogP contribution in [0.1, 0.15) is 49.6 Å². The summed E-state index contributed by atoms with van der Waals surface area (Å²) in [6.45, 7) is 6.62. The smallest absolute Gasteiger partial charge is 0.417 e. The number of pyridine rings is 1. The van der Waals surface area contributed by atoms with Gasteiger partial charge in [0.05, 0.1) is 10.4 Å². The maximum absolute atomic E-state index is 12.7. The number of ether oxygens (including phenoxy) is 2. The van der Waals surface area contributed by atoms with Gasteiger partial charge in [-0.15, -0.1) is 0 Å². The molecule has 33 heavy (non-hydrogen) atoms. The SMILES string of the molecule is CC(C)(C)OC(=O)N1CCC(Br)([C@@H](Br)c2cccc(Oc3ccc(C(F)(F)F)cn3)c2)CC1. The van der Waals surface area contributed by atoms with E-state index in [0.717, 1.165) is 17.8 Å². The molecule has 0 radical (unpaired) electrons. The average molecular weight is 594 g/mol. The van der Waals surface area contributed by atoms with Crippen LogP contribution in [0.2, 0.25) is 0 Å². The Labute approximate surface area is 207 Å². The van der Waals surface area contributed by atoms with E-state index in [0.29, 0.717) is 31.7 Å². The van der Waals surface area contributed by atoms with Gasteiger partial charge < -0.3 is 14.4 Å². The Morgan fingerprint density at radius 3 is 2.36 bits per heavy atom. The maximum Gasteiger partial charge on any atom is 0.417 e. The largest absolute Gasteiger partial charge is 0.444 e. The van der Waals surface area contributed by atoms with Gasteiger partial charge >= 0.3 is 12.3 Å². The van der Waals surface area contributed by atoms with Gasteiger partial charge in [-0.3, -0.25) is 0 Å². The Hall–Kier alpha value is -1.81. The molecule has 0 aliphatic carbocycles. The molecule has 1 amide bonds. The van der Waals surface area contributed by atoms with E-state index in [1.807, 2.05) is 39.0 Å². The number of alkyl halides is 5. The molecule has 1 saturated heterocycles. The summed E-state index contributed by atoms with van der Waals surface area (Å²) in [6, 6.07) is 9.42. The molecule has 1 aliphatic rings.